The number of halogens is 1. The summed E-state index contributed by atoms with van der Waals surface area (Å²) in [5.74, 6) is 1.07. The van der Waals surface area contributed by atoms with Crippen molar-refractivity contribution in [2.24, 2.45) is 23.7 Å². The molecule has 3 heterocycles. The average Bonchev–Trinajstić information content (AvgIpc) is 3.94. The number of nitrogens with one attached hydrogen (secondary N) is 1. The summed E-state index contributed by atoms with van der Waals surface area (Å²) in [5.41, 5.74) is 3.44. The Labute approximate surface area is 303 Å². The van der Waals surface area contributed by atoms with Gasteiger partial charge in [0, 0.05) is 35.6 Å². The van der Waals surface area contributed by atoms with Gasteiger partial charge in [-0.1, -0.05) is 31.0 Å². The summed E-state index contributed by atoms with van der Waals surface area (Å²) in [7, 11) is -1.71. The molecule has 1 saturated heterocycles. The SMILES string of the molecule is C[C@@H]1[C@@H](C)CCC[C@@H]([C@H]2OC[C@H](N(C)C3CC3)CO2)[C@@H]2CC[C@H]2CN2CCCCc3cc(Cl)ccc3COc3ccc(cc32)C(=O)NS1(=O)=O. The number of amides is 1. The maximum absolute atomic E-state index is 13.5. The van der Waals surface area contributed by atoms with E-state index >= 15 is 0 Å². The zero-order chi connectivity index (χ0) is 35.0. The van der Waals surface area contributed by atoms with Crippen LogP contribution in [0.1, 0.15) is 93.1 Å². The Kier molecular flexibility index (Phi) is 11.0. The van der Waals surface area contributed by atoms with Crippen LogP contribution in [0.5, 0.6) is 5.75 Å². The summed E-state index contributed by atoms with van der Waals surface area (Å²) in [5, 5.41) is 0.00444. The Morgan fingerprint density at radius 3 is 2.42 bits per heavy atom. The fourth-order valence-electron chi connectivity index (χ4n) is 8.57. The monoisotopic (exact) mass is 727 g/mol. The second-order valence-corrected chi connectivity index (χ2v) is 18.1. The van der Waals surface area contributed by atoms with Crippen LogP contribution in [0.4, 0.5) is 5.69 Å². The number of ether oxygens (including phenoxy) is 3. The molecule has 274 valence electrons. The van der Waals surface area contributed by atoms with Crippen molar-refractivity contribution >= 4 is 33.2 Å². The molecule has 2 bridgehead atoms. The fraction of sp³-hybridized carbons (Fsp3) is 0.667. The molecule has 0 unspecified atom stereocenters. The topological polar surface area (TPSA) is 97.4 Å². The molecule has 0 aromatic heterocycles. The number of carbonyl (C=O) groups excluding carboxylic acids is 1. The lowest BCUT2D eigenvalue weighted by Crippen LogP contribution is -2.51. The molecular formula is C39H54ClN3O6S. The van der Waals surface area contributed by atoms with Gasteiger partial charge in [-0.2, -0.15) is 0 Å². The Balaban J connectivity index is 1.20. The molecule has 5 aliphatic rings. The zero-order valence-corrected chi connectivity index (χ0v) is 31.4. The number of hydrogen-bond donors (Lipinski definition) is 1. The molecule has 11 heteroatoms. The quantitative estimate of drug-likeness (QED) is 0.369. The second kappa shape index (κ2) is 15.3. The van der Waals surface area contributed by atoms with E-state index in [2.05, 4.69) is 21.6 Å². The summed E-state index contributed by atoms with van der Waals surface area (Å²) in [6.07, 6.45) is 9.92. The third-order valence-electron chi connectivity index (χ3n) is 12.4. The normalized spacial score (nSPS) is 32.4. The molecule has 2 aromatic carbocycles. The lowest BCUT2D eigenvalue weighted by molar-refractivity contribution is -0.242. The zero-order valence-electron chi connectivity index (χ0n) is 29.8. The molecule has 2 saturated carbocycles. The molecular weight excluding hydrogens is 674 g/mol. The van der Waals surface area contributed by atoms with Gasteiger partial charge in [-0.3, -0.25) is 9.69 Å². The van der Waals surface area contributed by atoms with Crippen LogP contribution >= 0.6 is 11.6 Å². The summed E-state index contributed by atoms with van der Waals surface area (Å²) in [4.78, 5) is 18.4. The molecule has 1 N–H and O–H groups in total. The van der Waals surface area contributed by atoms with E-state index in [1.165, 1.54) is 18.4 Å². The maximum Gasteiger partial charge on any atom is 0.264 e. The predicted molar refractivity (Wildman–Crippen MR) is 196 cm³/mol. The van der Waals surface area contributed by atoms with Crippen LogP contribution in [0.3, 0.4) is 0 Å². The number of anilines is 1. The Morgan fingerprint density at radius 2 is 1.68 bits per heavy atom. The third kappa shape index (κ3) is 7.99. The van der Waals surface area contributed by atoms with Crippen LogP contribution in [0.2, 0.25) is 5.02 Å². The van der Waals surface area contributed by atoms with Crippen molar-refractivity contribution in [3.05, 3.63) is 58.1 Å². The smallest absolute Gasteiger partial charge is 0.264 e. The van der Waals surface area contributed by atoms with E-state index in [0.717, 1.165) is 80.7 Å². The van der Waals surface area contributed by atoms with Gasteiger partial charge in [0.25, 0.3) is 5.91 Å². The van der Waals surface area contributed by atoms with E-state index in [9.17, 15) is 13.2 Å². The first-order valence-electron chi connectivity index (χ1n) is 18.9. The van der Waals surface area contributed by atoms with Gasteiger partial charge in [-0.15, -0.1) is 0 Å². The van der Waals surface area contributed by atoms with E-state index in [-0.39, 0.29) is 24.2 Å². The van der Waals surface area contributed by atoms with Crippen LogP contribution in [0.15, 0.2) is 36.4 Å². The number of nitrogens with zero attached hydrogens (tertiary/aromatic N) is 2. The molecule has 50 heavy (non-hydrogen) atoms. The summed E-state index contributed by atoms with van der Waals surface area (Å²) in [6, 6.07) is 12.3. The number of likely N-dealkylation sites (N-methyl/N-ethyl adjacent to an activating group) is 1. The van der Waals surface area contributed by atoms with E-state index in [4.69, 9.17) is 25.8 Å². The van der Waals surface area contributed by atoms with Gasteiger partial charge in [0.1, 0.15) is 12.4 Å². The highest BCUT2D eigenvalue weighted by Gasteiger charge is 2.44. The van der Waals surface area contributed by atoms with Gasteiger partial charge in [0.15, 0.2) is 6.29 Å². The predicted octanol–water partition coefficient (Wildman–Crippen LogP) is 6.81. The largest absolute Gasteiger partial charge is 0.487 e. The van der Waals surface area contributed by atoms with Crippen molar-refractivity contribution in [3.8, 4) is 5.75 Å². The lowest BCUT2D eigenvalue weighted by atomic mass is 9.65. The van der Waals surface area contributed by atoms with E-state index in [1.807, 2.05) is 37.3 Å². The number of benzene rings is 2. The second-order valence-electron chi connectivity index (χ2n) is 15.6. The van der Waals surface area contributed by atoms with Gasteiger partial charge in [0.2, 0.25) is 10.0 Å². The molecule has 3 fully saturated rings. The summed E-state index contributed by atoms with van der Waals surface area (Å²) >= 11 is 6.39. The molecule has 3 aliphatic heterocycles. The van der Waals surface area contributed by atoms with Crippen LogP contribution in [-0.4, -0.2) is 76.2 Å². The van der Waals surface area contributed by atoms with Gasteiger partial charge in [-0.05, 0) is 131 Å². The maximum atomic E-state index is 13.5. The van der Waals surface area contributed by atoms with Gasteiger partial charge in [0.05, 0.1) is 30.2 Å². The van der Waals surface area contributed by atoms with Crippen molar-refractivity contribution < 1.29 is 27.4 Å². The van der Waals surface area contributed by atoms with Crippen molar-refractivity contribution in [1.29, 1.82) is 0 Å². The third-order valence-corrected chi connectivity index (χ3v) is 14.5. The standard InChI is InChI=1S/C39H54ClN3O6S/c1-25-7-6-9-35(39-48-23-33(24-49-39)42(3)32-14-15-32)34-16-11-29(34)21-43-18-5-4-8-27-19-31(40)13-10-30(27)22-47-37-17-12-28(20-36(37)43)38(44)41-50(45,46)26(25)2/h10,12-13,17,19-20,25-26,29,32-35,39H,4-9,11,14-16,18,21-24H2,1-3H3,(H,41,44)/t25-,26+,29-,33-,34+,35+,39-/m0/s1. The van der Waals surface area contributed by atoms with Crippen molar-refractivity contribution in [2.45, 2.75) is 108 Å². The molecule has 0 radical (unpaired) electrons. The number of hydrogen-bond acceptors (Lipinski definition) is 8. The molecule has 1 amide bonds. The first kappa shape index (κ1) is 36.0. The van der Waals surface area contributed by atoms with Gasteiger partial charge in [-0.25, -0.2) is 13.1 Å². The molecule has 2 aliphatic carbocycles. The number of fused-ring (bicyclic) bond motifs is 3. The van der Waals surface area contributed by atoms with Crippen LogP contribution < -0.4 is 14.4 Å². The van der Waals surface area contributed by atoms with Crippen molar-refractivity contribution in [2.75, 3.05) is 38.3 Å². The van der Waals surface area contributed by atoms with Crippen LogP contribution in [0, 0.1) is 23.7 Å². The minimum atomic E-state index is -3.90. The van der Waals surface area contributed by atoms with Crippen LogP contribution in [-0.2, 0) is 32.5 Å². The number of rotatable bonds is 3. The highest BCUT2D eigenvalue weighted by Crippen LogP contribution is 2.46. The number of sulfonamides is 1. The molecule has 7 rings (SSSR count). The molecule has 9 nitrogen and oxygen atoms in total. The van der Waals surface area contributed by atoms with E-state index in [1.54, 1.807) is 13.0 Å². The molecule has 5 atom stereocenters. The van der Waals surface area contributed by atoms with E-state index in [0.29, 0.717) is 49.0 Å². The fourth-order valence-corrected chi connectivity index (χ4v) is 10.1. The van der Waals surface area contributed by atoms with Crippen molar-refractivity contribution in [3.63, 3.8) is 0 Å². The molecule has 2 aromatic rings. The Morgan fingerprint density at radius 1 is 0.880 bits per heavy atom. The average molecular weight is 728 g/mol. The minimum absolute atomic E-state index is 0.120. The van der Waals surface area contributed by atoms with E-state index < -0.39 is 21.2 Å². The van der Waals surface area contributed by atoms with Crippen molar-refractivity contribution in [1.82, 2.24) is 9.62 Å². The minimum Gasteiger partial charge on any atom is -0.487 e. The first-order chi connectivity index (χ1) is 24.1. The highest BCUT2D eigenvalue weighted by atomic mass is 35.5. The van der Waals surface area contributed by atoms with Crippen LogP contribution in [0.25, 0.3) is 0 Å². The summed E-state index contributed by atoms with van der Waals surface area (Å²) < 4.78 is 49.1. The summed E-state index contributed by atoms with van der Waals surface area (Å²) in [6.45, 7) is 7.06. The number of aryl methyl sites for hydroxylation is 1. The number of carbonyl (C=O) groups is 1. The lowest BCUT2D eigenvalue weighted by Gasteiger charge is -2.48. The molecule has 0 spiro atoms. The van der Waals surface area contributed by atoms with Gasteiger partial charge >= 0.3 is 0 Å². The Bertz CT molecular complexity index is 1630. The Hall–Kier alpha value is -2.37. The highest BCUT2D eigenvalue weighted by molar-refractivity contribution is 7.90. The van der Waals surface area contributed by atoms with Gasteiger partial charge < -0.3 is 19.1 Å². The first-order valence-corrected chi connectivity index (χ1v) is 20.8.